The van der Waals surface area contributed by atoms with Crippen LogP contribution in [0.5, 0.6) is 0 Å². The third-order valence-corrected chi connectivity index (χ3v) is 3.33. The highest BCUT2D eigenvalue weighted by atomic mass is 16.6. The molecule has 2 aromatic heterocycles. The van der Waals surface area contributed by atoms with Gasteiger partial charge in [0.2, 0.25) is 0 Å². The number of ether oxygens (including phenoxy) is 1. The number of nitrogen functional groups attached to an aromatic ring is 1. The van der Waals surface area contributed by atoms with Crippen LogP contribution in [-0.4, -0.2) is 54.8 Å². The van der Waals surface area contributed by atoms with E-state index < -0.39 is 24.5 Å². The maximum atomic E-state index is 9.98. The second-order valence-corrected chi connectivity index (χ2v) is 4.45. The van der Waals surface area contributed by atoms with Crippen LogP contribution in [0.25, 0.3) is 11.0 Å². The SMILES string of the molecule is Nc1ncnc2c1ccn2[C@@H]1O[C@@H](CO)[C@@H](O)[C@H]1O. The van der Waals surface area contributed by atoms with Gasteiger partial charge in [0, 0.05) is 6.20 Å². The number of nitrogens with zero attached hydrogens (tertiary/aromatic N) is 3. The number of fused-ring (bicyclic) bond motifs is 1. The zero-order chi connectivity index (χ0) is 13.6. The Hall–Kier alpha value is -1.74. The smallest absolute Gasteiger partial charge is 0.164 e. The van der Waals surface area contributed by atoms with Crippen molar-refractivity contribution in [3.63, 3.8) is 0 Å². The van der Waals surface area contributed by atoms with E-state index in [1.165, 1.54) is 6.33 Å². The lowest BCUT2D eigenvalue weighted by atomic mass is 10.1. The first-order valence-electron chi connectivity index (χ1n) is 5.83. The van der Waals surface area contributed by atoms with E-state index in [4.69, 9.17) is 15.6 Å². The minimum atomic E-state index is -1.15. The second kappa shape index (κ2) is 4.42. The van der Waals surface area contributed by atoms with Gasteiger partial charge >= 0.3 is 0 Å². The average molecular weight is 266 g/mol. The van der Waals surface area contributed by atoms with Gasteiger partial charge in [-0.25, -0.2) is 9.97 Å². The molecule has 0 bridgehead atoms. The molecule has 2 aromatic rings. The highest BCUT2D eigenvalue weighted by molar-refractivity contribution is 5.86. The van der Waals surface area contributed by atoms with Crippen LogP contribution in [-0.2, 0) is 4.74 Å². The monoisotopic (exact) mass is 266 g/mol. The van der Waals surface area contributed by atoms with Crippen LogP contribution in [0.15, 0.2) is 18.6 Å². The molecule has 19 heavy (non-hydrogen) atoms. The van der Waals surface area contributed by atoms with Crippen molar-refractivity contribution in [3.05, 3.63) is 18.6 Å². The summed E-state index contributed by atoms with van der Waals surface area (Å²) >= 11 is 0. The Morgan fingerprint density at radius 3 is 2.79 bits per heavy atom. The molecule has 0 saturated carbocycles. The van der Waals surface area contributed by atoms with Crippen molar-refractivity contribution in [2.45, 2.75) is 24.5 Å². The number of hydrogen-bond donors (Lipinski definition) is 4. The van der Waals surface area contributed by atoms with Crippen LogP contribution < -0.4 is 5.73 Å². The fourth-order valence-corrected chi connectivity index (χ4v) is 2.31. The highest BCUT2D eigenvalue weighted by Crippen LogP contribution is 2.32. The Balaban J connectivity index is 2.04. The van der Waals surface area contributed by atoms with Crippen molar-refractivity contribution in [1.82, 2.24) is 14.5 Å². The first-order chi connectivity index (χ1) is 9.13. The summed E-state index contributed by atoms with van der Waals surface area (Å²) in [4.78, 5) is 7.97. The first-order valence-corrected chi connectivity index (χ1v) is 5.83. The van der Waals surface area contributed by atoms with Gasteiger partial charge in [0.1, 0.15) is 36.1 Å². The minimum absolute atomic E-state index is 0.329. The van der Waals surface area contributed by atoms with Gasteiger partial charge in [-0.1, -0.05) is 0 Å². The van der Waals surface area contributed by atoms with Crippen LogP contribution in [0.1, 0.15) is 6.23 Å². The minimum Gasteiger partial charge on any atom is -0.394 e. The van der Waals surface area contributed by atoms with E-state index in [9.17, 15) is 10.2 Å². The average Bonchev–Trinajstić information content (AvgIpc) is 2.94. The van der Waals surface area contributed by atoms with Crippen LogP contribution in [0.2, 0.25) is 0 Å². The molecule has 3 heterocycles. The number of aliphatic hydroxyl groups is 3. The normalized spacial score (nSPS) is 31.1. The Bertz CT molecular complexity index is 601. The summed E-state index contributed by atoms with van der Waals surface area (Å²) in [6.45, 7) is -0.370. The summed E-state index contributed by atoms with van der Waals surface area (Å²) in [6, 6.07) is 1.71. The predicted octanol–water partition coefficient (Wildman–Crippen LogP) is -1.38. The maximum absolute atomic E-state index is 9.98. The van der Waals surface area contributed by atoms with E-state index in [1.807, 2.05) is 0 Å². The zero-order valence-electron chi connectivity index (χ0n) is 9.92. The van der Waals surface area contributed by atoms with E-state index in [-0.39, 0.29) is 6.61 Å². The van der Waals surface area contributed by atoms with E-state index in [2.05, 4.69) is 9.97 Å². The van der Waals surface area contributed by atoms with Gasteiger partial charge in [-0.05, 0) is 6.07 Å². The van der Waals surface area contributed by atoms with Gasteiger partial charge in [0.15, 0.2) is 6.23 Å². The van der Waals surface area contributed by atoms with Gasteiger partial charge in [0.05, 0.1) is 12.0 Å². The second-order valence-electron chi connectivity index (χ2n) is 4.45. The lowest BCUT2D eigenvalue weighted by Gasteiger charge is -2.17. The standard InChI is InChI=1S/C11H14N4O4/c12-9-5-1-2-15(10(5)14-4-13-9)11-8(18)7(17)6(3-16)19-11/h1-2,4,6-8,11,16-18H,3H2,(H2,12,13,14)/t6-,7+,8+,11+/m0/s1. The molecule has 0 unspecified atom stereocenters. The first kappa shape index (κ1) is 12.3. The highest BCUT2D eigenvalue weighted by Gasteiger charge is 2.43. The molecule has 5 N–H and O–H groups in total. The number of anilines is 1. The van der Waals surface area contributed by atoms with E-state index in [1.54, 1.807) is 16.8 Å². The predicted molar refractivity (Wildman–Crippen MR) is 64.9 cm³/mol. The molecule has 3 rings (SSSR count). The molecule has 8 heteroatoms. The van der Waals surface area contributed by atoms with Crippen LogP contribution >= 0.6 is 0 Å². The molecule has 8 nitrogen and oxygen atoms in total. The Kier molecular flexibility index (Phi) is 2.86. The van der Waals surface area contributed by atoms with Gasteiger partial charge in [-0.3, -0.25) is 0 Å². The Labute approximate surface area is 108 Å². The van der Waals surface area contributed by atoms with Crippen LogP contribution in [0.3, 0.4) is 0 Å². The molecule has 0 radical (unpaired) electrons. The fraction of sp³-hybridized carbons (Fsp3) is 0.455. The lowest BCUT2D eigenvalue weighted by molar-refractivity contribution is -0.0508. The molecule has 1 saturated heterocycles. The summed E-state index contributed by atoms with van der Waals surface area (Å²) in [7, 11) is 0. The Morgan fingerprint density at radius 2 is 2.11 bits per heavy atom. The summed E-state index contributed by atoms with van der Waals surface area (Å²) in [6.07, 6.45) is -0.975. The summed E-state index contributed by atoms with van der Waals surface area (Å²) in [5, 5.41) is 29.4. The van der Waals surface area contributed by atoms with Gasteiger partial charge < -0.3 is 30.4 Å². The topological polar surface area (TPSA) is 127 Å². The summed E-state index contributed by atoms with van der Waals surface area (Å²) in [5.41, 5.74) is 6.23. The quantitative estimate of drug-likeness (QED) is 0.528. The van der Waals surface area contributed by atoms with Crippen LogP contribution in [0.4, 0.5) is 5.82 Å². The van der Waals surface area contributed by atoms with E-state index >= 15 is 0 Å². The zero-order valence-corrected chi connectivity index (χ0v) is 9.92. The number of aliphatic hydroxyl groups excluding tert-OH is 3. The molecule has 4 atom stereocenters. The van der Waals surface area contributed by atoms with Gasteiger partial charge in [-0.15, -0.1) is 0 Å². The van der Waals surface area contributed by atoms with Crippen molar-refractivity contribution in [3.8, 4) is 0 Å². The molecule has 0 amide bonds. The van der Waals surface area contributed by atoms with Gasteiger partial charge in [0.25, 0.3) is 0 Å². The molecule has 0 spiro atoms. The summed E-state index contributed by atoms with van der Waals surface area (Å²) in [5.74, 6) is 0.329. The van der Waals surface area contributed by atoms with Crippen molar-refractivity contribution in [2.24, 2.45) is 0 Å². The van der Waals surface area contributed by atoms with Crippen LogP contribution in [0, 0.1) is 0 Å². The van der Waals surface area contributed by atoms with Crippen molar-refractivity contribution in [2.75, 3.05) is 12.3 Å². The number of rotatable bonds is 2. The fourth-order valence-electron chi connectivity index (χ4n) is 2.31. The largest absolute Gasteiger partial charge is 0.394 e. The molecule has 1 aliphatic rings. The van der Waals surface area contributed by atoms with E-state index in [0.717, 1.165) is 0 Å². The summed E-state index contributed by atoms with van der Waals surface area (Å²) < 4.78 is 7.01. The van der Waals surface area contributed by atoms with Crippen molar-refractivity contribution < 1.29 is 20.1 Å². The molecule has 0 aromatic carbocycles. The van der Waals surface area contributed by atoms with Crippen molar-refractivity contribution in [1.29, 1.82) is 0 Å². The Morgan fingerprint density at radius 1 is 1.32 bits per heavy atom. The molecule has 0 aliphatic carbocycles. The molecule has 1 aliphatic heterocycles. The molecule has 102 valence electrons. The third-order valence-electron chi connectivity index (χ3n) is 3.33. The molecular weight excluding hydrogens is 252 g/mol. The van der Waals surface area contributed by atoms with Gasteiger partial charge in [-0.2, -0.15) is 0 Å². The lowest BCUT2D eigenvalue weighted by Crippen LogP contribution is -2.33. The maximum Gasteiger partial charge on any atom is 0.164 e. The number of hydrogen-bond acceptors (Lipinski definition) is 7. The molecule has 1 fully saturated rings. The molecular formula is C11H14N4O4. The number of nitrogens with two attached hydrogens (primary N) is 1. The van der Waals surface area contributed by atoms with Crippen molar-refractivity contribution >= 4 is 16.9 Å². The third kappa shape index (κ3) is 1.77. The number of aromatic nitrogens is 3. The van der Waals surface area contributed by atoms with E-state index in [0.29, 0.717) is 16.9 Å².